The van der Waals surface area contributed by atoms with Gasteiger partial charge in [0.2, 0.25) is 5.91 Å². The maximum Gasteiger partial charge on any atom is 0.292 e. The minimum Gasteiger partial charge on any atom is -0.459 e. The van der Waals surface area contributed by atoms with E-state index in [1.807, 2.05) is 25.1 Å². The Morgan fingerprint density at radius 2 is 2.00 bits per heavy atom. The van der Waals surface area contributed by atoms with E-state index in [0.29, 0.717) is 28.5 Å². The molecule has 0 aliphatic rings. The van der Waals surface area contributed by atoms with Gasteiger partial charge >= 0.3 is 0 Å². The quantitative estimate of drug-likeness (QED) is 0.568. The van der Waals surface area contributed by atoms with E-state index in [1.165, 1.54) is 13.2 Å². The molecule has 28 heavy (non-hydrogen) atoms. The van der Waals surface area contributed by atoms with Crippen molar-refractivity contribution in [3.63, 3.8) is 0 Å². The molecule has 140 valence electrons. The monoisotopic (exact) mass is 375 g/mol. The van der Waals surface area contributed by atoms with Gasteiger partial charge in [-0.15, -0.1) is 0 Å². The number of rotatable bonds is 4. The summed E-state index contributed by atoms with van der Waals surface area (Å²) in [4.78, 5) is 32.6. The Bertz CT molecular complexity index is 1180. The molecule has 0 bridgehead atoms. The lowest BCUT2D eigenvalue weighted by Crippen LogP contribution is -2.13. The van der Waals surface area contributed by atoms with Crippen molar-refractivity contribution < 1.29 is 14.0 Å². The van der Waals surface area contributed by atoms with E-state index in [0.717, 1.165) is 5.56 Å². The fourth-order valence-corrected chi connectivity index (χ4v) is 2.91. The Kier molecular flexibility index (Phi) is 4.36. The smallest absolute Gasteiger partial charge is 0.292 e. The Balaban J connectivity index is 1.72. The summed E-state index contributed by atoms with van der Waals surface area (Å²) in [7, 11) is 0. The molecule has 2 amide bonds. The maximum absolute atomic E-state index is 12.4. The molecule has 0 aliphatic carbocycles. The normalized spacial score (nSPS) is 10.8. The molecule has 4 rings (SSSR count). The van der Waals surface area contributed by atoms with E-state index in [4.69, 9.17) is 4.42 Å². The van der Waals surface area contributed by atoms with Crippen LogP contribution in [0.5, 0.6) is 0 Å². The second-order valence-electron chi connectivity index (χ2n) is 6.24. The van der Waals surface area contributed by atoms with Crippen LogP contribution in [0.3, 0.4) is 0 Å². The highest BCUT2D eigenvalue weighted by Crippen LogP contribution is 2.24. The van der Waals surface area contributed by atoms with Crippen LogP contribution in [0, 0.1) is 6.92 Å². The third kappa shape index (κ3) is 3.35. The van der Waals surface area contributed by atoms with E-state index in [9.17, 15) is 9.59 Å². The van der Waals surface area contributed by atoms with Gasteiger partial charge in [-0.2, -0.15) is 0 Å². The molecule has 3 aromatic heterocycles. The average Bonchev–Trinajstić information content (AvgIpc) is 3.30. The number of aryl methyl sites for hydroxylation is 1. The van der Waals surface area contributed by atoms with E-state index in [1.54, 1.807) is 35.0 Å². The molecule has 8 heteroatoms. The zero-order chi connectivity index (χ0) is 19.7. The summed E-state index contributed by atoms with van der Waals surface area (Å²) < 4.78 is 6.91. The molecule has 0 radical (unpaired) electrons. The third-order valence-corrected chi connectivity index (χ3v) is 4.14. The molecular weight excluding hydrogens is 358 g/mol. The minimum absolute atomic E-state index is 0.145. The minimum atomic E-state index is -0.360. The fourth-order valence-electron chi connectivity index (χ4n) is 2.91. The number of nitrogens with zero attached hydrogens (tertiary/aromatic N) is 3. The molecule has 8 nitrogen and oxygen atoms in total. The lowest BCUT2D eigenvalue weighted by Gasteiger charge is -2.08. The van der Waals surface area contributed by atoms with Gasteiger partial charge in [0, 0.05) is 24.4 Å². The summed E-state index contributed by atoms with van der Waals surface area (Å²) in [6.07, 6.45) is 4.87. The van der Waals surface area contributed by atoms with E-state index in [2.05, 4.69) is 20.6 Å². The summed E-state index contributed by atoms with van der Waals surface area (Å²) in [5.41, 5.74) is 3.44. The van der Waals surface area contributed by atoms with Gasteiger partial charge in [0.05, 0.1) is 23.8 Å². The predicted octanol–water partition coefficient (Wildman–Crippen LogP) is 3.51. The van der Waals surface area contributed by atoms with Gasteiger partial charge in [-0.05, 0) is 31.2 Å². The van der Waals surface area contributed by atoms with E-state index >= 15 is 0 Å². The first-order valence-electron chi connectivity index (χ1n) is 8.59. The van der Waals surface area contributed by atoms with Crippen LogP contribution in [0.4, 0.5) is 11.5 Å². The van der Waals surface area contributed by atoms with Gasteiger partial charge in [-0.25, -0.2) is 4.98 Å². The van der Waals surface area contributed by atoms with Crippen LogP contribution in [0.2, 0.25) is 0 Å². The lowest BCUT2D eigenvalue weighted by atomic mass is 10.1. The number of furan rings is 1. The summed E-state index contributed by atoms with van der Waals surface area (Å²) in [6.45, 7) is 3.26. The van der Waals surface area contributed by atoms with Gasteiger partial charge in [-0.1, -0.05) is 12.1 Å². The topological polar surface area (TPSA) is 102 Å². The number of nitrogens with one attached hydrogen (secondary N) is 2. The number of anilines is 2. The molecule has 0 aliphatic heterocycles. The summed E-state index contributed by atoms with van der Waals surface area (Å²) >= 11 is 0. The van der Waals surface area contributed by atoms with Gasteiger partial charge in [0.15, 0.2) is 11.4 Å². The Morgan fingerprint density at radius 1 is 1.14 bits per heavy atom. The van der Waals surface area contributed by atoms with Crippen molar-refractivity contribution in [3.05, 3.63) is 66.5 Å². The molecule has 0 unspecified atom stereocenters. The first-order chi connectivity index (χ1) is 13.5. The van der Waals surface area contributed by atoms with Crippen LogP contribution in [0.25, 0.3) is 16.9 Å². The van der Waals surface area contributed by atoms with Crippen molar-refractivity contribution in [1.82, 2.24) is 14.4 Å². The van der Waals surface area contributed by atoms with Crippen molar-refractivity contribution in [3.8, 4) is 11.3 Å². The molecule has 1 aromatic carbocycles. The highest BCUT2D eigenvalue weighted by atomic mass is 16.3. The Hall–Kier alpha value is -3.94. The number of carbonyl (C=O) groups excluding carboxylic acids is 2. The second-order valence-corrected chi connectivity index (χ2v) is 6.24. The van der Waals surface area contributed by atoms with Crippen molar-refractivity contribution in [2.75, 3.05) is 10.6 Å². The van der Waals surface area contributed by atoms with E-state index in [-0.39, 0.29) is 17.6 Å². The molecule has 0 spiro atoms. The SMILES string of the molecule is CC(=O)Nc1cccc(-c2cn3c(NC(=O)c4ccco4)c(C)nc3cn2)c1. The van der Waals surface area contributed by atoms with Crippen molar-refractivity contribution in [2.45, 2.75) is 13.8 Å². The molecular formula is C20H17N5O3. The van der Waals surface area contributed by atoms with Crippen LogP contribution >= 0.6 is 0 Å². The molecule has 0 saturated heterocycles. The fraction of sp³-hybridized carbons (Fsp3) is 0.100. The van der Waals surface area contributed by atoms with E-state index < -0.39 is 0 Å². The molecule has 0 fully saturated rings. The van der Waals surface area contributed by atoms with Crippen molar-refractivity contribution in [2.24, 2.45) is 0 Å². The lowest BCUT2D eigenvalue weighted by molar-refractivity contribution is -0.114. The van der Waals surface area contributed by atoms with Gasteiger partial charge in [-0.3, -0.25) is 19.0 Å². The van der Waals surface area contributed by atoms with Crippen molar-refractivity contribution in [1.29, 1.82) is 0 Å². The molecule has 0 saturated carbocycles. The predicted molar refractivity (Wildman–Crippen MR) is 104 cm³/mol. The zero-order valence-corrected chi connectivity index (χ0v) is 15.3. The Morgan fingerprint density at radius 3 is 2.75 bits per heavy atom. The number of benzene rings is 1. The molecule has 0 atom stereocenters. The van der Waals surface area contributed by atoms with Crippen LogP contribution in [0.1, 0.15) is 23.2 Å². The standard InChI is InChI=1S/C20H17N5O3/c1-12-19(24-20(27)17-7-4-8-28-17)25-11-16(21-10-18(25)22-12)14-5-3-6-15(9-14)23-13(2)26/h3-11H,1-2H3,(H,23,26)(H,24,27). The number of fused-ring (bicyclic) bond motifs is 1. The number of aromatic nitrogens is 3. The molecule has 3 heterocycles. The highest BCUT2D eigenvalue weighted by Gasteiger charge is 2.16. The van der Waals surface area contributed by atoms with Crippen molar-refractivity contribution >= 4 is 29.0 Å². The largest absolute Gasteiger partial charge is 0.459 e. The van der Waals surface area contributed by atoms with Gasteiger partial charge < -0.3 is 15.1 Å². The summed E-state index contributed by atoms with van der Waals surface area (Å²) in [6, 6.07) is 10.6. The third-order valence-electron chi connectivity index (χ3n) is 4.14. The number of imidazole rings is 1. The first-order valence-corrected chi connectivity index (χ1v) is 8.59. The number of amides is 2. The summed E-state index contributed by atoms with van der Waals surface area (Å²) in [5, 5.41) is 5.59. The molecule has 4 aromatic rings. The number of carbonyl (C=O) groups is 2. The Labute approximate surface area is 160 Å². The summed E-state index contributed by atoms with van der Waals surface area (Å²) in [5.74, 6) is 0.249. The van der Waals surface area contributed by atoms with Crippen LogP contribution in [0.15, 0.2) is 59.5 Å². The van der Waals surface area contributed by atoms with Gasteiger partial charge in [0.25, 0.3) is 5.91 Å². The van der Waals surface area contributed by atoms with Crippen LogP contribution in [-0.2, 0) is 4.79 Å². The first kappa shape index (κ1) is 17.5. The van der Waals surface area contributed by atoms with Crippen LogP contribution < -0.4 is 10.6 Å². The van der Waals surface area contributed by atoms with Gasteiger partial charge in [0.1, 0.15) is 5.82 Å². The second kappa shape index (κ2) is 6.99. The average molecular weight is 375 g/mol. The number of hydrogen-bond donors (Lipinski definition) is 2. The van der Waals surface area contributed by atoms with Crippen LogP contribution in [-0.4, -0.2) is 26.2 Å². The molecule has 2 N–H and O–H groups in total. The highest BCUT2D eigenvalue weighted by molar-refractivity contribution is 6.02. The number of hydrogen-bond acceptors (Lipinski definition) is 5. The zero-order valence-electron chi connectivity index (χ0n) is 15.3. The maximum atomic E-state index is 12.4.